The topological polar surface area (TPSA) is 46.1 Å². The Morgan fingerprint density at radius 1 is 1.14 bits per heavy atom. The Hall–Kier alpha value is -1.80. The average molecular weight is 507 g/mol. The van der Waals surface area contributed by atoms with Gasteiger partial charge < -0.3 is 19.7 Å². The van der Waals surface area contributed by atoms with Gasteiger partial charge in [-0.25, -0.2) is 0 Å². The molecular weight excluding hydrogens is 477 g/mol. The smallest absolute Gasteiger partial charge is 0.198 e. The van der Waals surface area contributed by atoms with Gasteiger partial charge in [0.2, 0.25) is 0 Å². The van der Waals surface area contributed by atoms with Crippen LogP contribution in [0, 0.1) is 0 Å². The lowest BCUT2D eigenvalue weighted by Gasteiger charge is -2.39. The zero-order chi connectivity index (χ0) is 19.4. The SMILES string of the molecule is CN=C(NCC1(c2ccc(OC)cc2)CCOCC1)N1CCc2ccccc21.I. The first-order valence-electron chi connectivity index (χ1n) is 10.0. The summed E-state index contributed by atoms with van der Waals surface area (Å²) < 4.78 is 11.0. The Balaban J connectivity index is 0.00000240. The van der Waals surface area contributed by atoms with Crippen LogP contribution >= 0.6 is 24.0 Å². The van der Waals surface area contributed by atoms with Crippen molar-refractivity contribution in [3.8, 4) is 5.75 Å². The van der Waals surface area contributed by atoms with E-state index in [1.54, 1.807) is 7.11 Å². The molecule has 0 amide bonds. The zero-order valence-electron chi connectivity index (χ0n) is 17.2. The van der Waals surface area contributed by atoms with E-state index < -0.39 is 0 Å². The number of nitrogens with zero attached hydrogens (tertiary/aromatic N) is 2. The number of ether oxygens (including phenoxy) is 2. The molecule has 0 spiro atoms. The average Bonchev–Trinajstić information content (AvgIpc) is 3.19. The minimum atomic E-state index is 0. The van der Waals surface area contributed by atoms with Crippen molar-refractivity contribution in [2.24, 2.45) is 4.99 Å². The highest BCUT2D eigenvalue weighted by molar-refractivity contribution is 14.0. The molecule has 0 aromatic heterocycles. The van der Waals surface area contributed by atoms with Crippen LogP contribution in [0.5, 0.6) is 5.75 Å². The normalized spacial score (nSPS) is 18.0. The monoisotopic (exact) mass is 507 g/mol. The Morgan fingerprint density at radius 2 is 1.86 bits per heavy atom. The maximum atomic E-state index is 5.68. The van der Waals surface area contributed by atoms with Gasteiger partial charge in [0.25, 0.3) is 0 Å². The molecule has 156 valence electrons. The zero-order valence-corrected chi connectivity index (χ0v) is 19.5. The highest BCUT2D eigenvalue weighted by Gasteiger charge is 2.35. The van der Waals surface area contributed by atoms with Gasteiger partial charge in [-0.2, -0.15) is 0 Å². The second-order valence-electron chi connectivity index (χ2n) is 7.55. The fourth-order valence-corrected chi connectivity index (χ4v) is 4.38. The molecule has 2 aromatic rings. The van der Waals surface area contributed by atoms with Crippen LogP contribution in [0.1, 0.15) is 24.0 Å². The van der Waals surface area contributed by atoms with Crippen molar-refractivity contribution in [1.82, 2.24) is 5.32 Å². The van der Waals surface area contributed by atoms with E-state index in [1.165, 1.54) is 16.8 Å². The molecule has 0 aliphatic carbocycles. The quantitative estimate of drug-likeness (QED) is 0.386. The van der Waals surface area contributed by atoms with Gasteiger partial charge in [-0.05, 0) is 48.6 Å². The van der Waals surface area contributed by atoms with Gasteiger partial charge in [0.05, 0.1) is 7.11 Å². The number of halogens is 1. The van der Waals surface area contributed by atoms with Crippen LogP contribution < -0.4 is 15.0 Å². The highest BCUT2D eigenvalue weighted by atomic mass is 127. The first kappa shape index (κ1) is 21.9. The fourth-order valence-electron chi connectivity index (χ4n) is 4.38. The first-order chi connectivity index (χ1) is 13.8. The van der Waals surface area contributed by atoms with Gasteiger partial charge in [0, 0.05) is 44.5 Å². The van der Waals surface area contributed by atoms with E-state index in [1.807, 2.05) is 7.05 Å². The second kappa shape index (κ2) is 9.80. The maximum absolute atomic E-state index is 5.68. The molecule has 0 saturated carbocycles. The molecule has 1 saturated heterocycles. The van der Waals surface area contributed by atoms with E-state index in [4.69, 9.17) is 9.47 Å². The summed E-state index contributed by atoms with van der Waals surface area (Å²) in [6.45, 7) is 3.39. The summed E-state index contributed by atoms with van der Waals surface area (Å²) >= 11 is 0. The van der Waals surface area contributed by atoms with Gasteiger partial charge in [0.1, 0.15) is 5.75 Å². The van der Waals surface area contributed by atoms with Crippen molar-refractivity contribution in [3.63, 3.8) is 0 Å². The number of fused-ring (bicyclic) bond motifs is 1. The van der Waals surface area contributed by atoms with E-state index in [0.29, 0.717) is 0 Å². The van der Waals surface area contributed by atoms with Crippen LogP contribution in [-0.4, -0.2) is 46.4 Å². The molecule has 0 radical (unpaired) electrons. The van der Waals surface area contributed by atoms with Gasteiger partial charge in [0.15, 0.2) is 5.96 Å². The Labute approximate surface area is 190 Å². The Bertz CT molecular complexity index is 832. The number of nitrogens with one attached hydrogen (secondary N) is 1. The lowest BCUT2D eigenvalue weighted by molar-refractivity contribution is 0.0514. The third-order valence-corrected chi connectivity index (χ3v) is 6.09. The molecule has 6 heteroatoms. The van der Waals surface area contributed by atoms with Crippen molar-refractivity contribution in [1.29, 1.82) is 0 Å². The third kappa shape index (κ3) is 4.53. The van der Waals surface area contributed by atoms with E-state index in [0.717, 1.165) is 57.3 Å². The van der Waals surface area contributed by atoms with Crippen molar-refractivity contribution >= 4 is 35.6 Å². The van der Waals surface area contributed by atoms with Crippen LogP contribution in [0.2, 0.25) is 0 Å². The van der Waals surface area contributed by atoms with Crippen LogP contribution in [-0.2, 0) is 16.6 Å². The van der Waals surface area contributed by atoms with E-state index in [-0.39, 0.29) is 29.4 Å². The van der Waals surface area contributed by atoms with Gasteiger partial charge in [-0.15, -0.1) is 24.0 Å². The fraction of sp³-hybridized carbons (Fsp3) is 0.435. The van der Waals surface area contributed by atoms with E-state index in [2.05, 4.69) is 63.7 Å². The second-order valence-corrected chi connectivity index (χ2v) is 7.55. The number of anilines is 1. The van der Waals surface area contributed by atoms with Crippen molar-refractivity contribution in [3.05, 3.63) is 59.7 Å². The van der Waals surface area contributed by atoms with Gasteiger partial charge >= 0.3 is 0 Å². The molecule has 29 heavy (non-hydrogen) atoms. The molecule has 2 heterocycles. The highest BCUT2D eigenvalue weighted by Crippen LogP contribution is 2.35. The van der Waals surface area contributed by atoms with Gasteiger partial charge in [-0.3, -0.25) is 4.99 Å². The molecule has 5 nitrogen and oxygen atoms in total. The molecule has 0 atom stereocenters. The van der Waals surface area contributed by atoms with Crippen molar-refractivity contribution in [2.75, 3.05) is 45.4 Å². The summed E-state index contributed by atoms with van der Waals surface area (Å²) in [4.78, 5) is 6.89. The molecule has 0 bridgehead atoms. The number of methoxy groups -OCH3 is 1. The number of benzene rings is 2. The summed E-state index contributed by atoms with van der Waals surface area (Å²) in [5.41, 5.74) is 4.03. The molecule has 4 rings (SSSR count). The number of guanidine groups is 1. The van der Waals surface area contributed by atoms with Gasteiger partial charge in [-0.1, -0.05) is 30.3 Å². The van der Waals surface area contributed by atoms with E-state index >= 15 is 0 Å². The Kier molecular flexibility index (Phi) is 7.40. The number of hydrogen-bond donors (Lipinski definition) is 1. The molecule has 2 aliphatic heterocycles. The summed E-state index contributed by atoms with van der Waals surface area (Å²) in [5, 5.41) is 3.68. The molecule has 2 aromatic carbocycles. The van der Waals surface area contributed by atoms with Crippen LogP contribution in [0.15, 0.2) is 53.5 Å². The first-order valence-corrected chi connectivity index (χ1v) is 10.0. The van der Waals surface area contributed by atoms with Crippen molar-refractivity contribution < 1.29 is 9.47 Å². The number of aliphatic imine (C=N–C) groups is 1. The number of rotatable bonds is 4. The molecule has 2 aliphatic rings. The maximum Gasteiger partial charge on any atom is 0.198 e. The summed E-state index contributed by atoms with van der Waals surface area (Å²) in [6, 6.07) is 17.1. The van der Waals surface area contributed by atoms with Crippen LogP contribution in [0.4, 0.5) is 5.69 Å². The number of para-hydroxylation sites is 1. The Morgan fingerprint density at radius 3 is 2.55 bits per heavy atom. The molecule has 0 unspecified atom stereocenters. The lowest BCUT2D eigenvalue weighted by atomic mass is 9.74. The van der Waals surface area contributed by atoms with Crippen LogP contribution in [0.3, 0.4) is 0 Å². The largest absolute Gasteiger partial charge is 0.497 e. The van der Waals surface area contributed by atoms with Crippen molar-refractivity contribution in [2.45, 2.75) is 24.7 Å². The predicted octanol–water partition coefficient (Wildman–Crippen LogP) is 4.00. The standard InChI is InChI=1S/C23H29N3O2.HI/c1-24-22(26-14-11-18-5-3-4-6-21(18)26)25-17-23(12-15-28-16-13-23)19-7-9-20(27-2)10-8-19;/h3-10H,11-17H2,1-2H3,(H,24,25);1H. The molecule has 1 fully saturated rings. The van der Waals surface area contributed by atoms with Crippen LogP contribution in [0.25, 0.3) is 0 Å². The molecular formula is C23H30IN3O2. The lowest BCUT2D eigenvalue weighted by Crippen LogP contribution is -2.49. The van der Waals surface area contributed by atoms with E-state index in [9.17, 15) is 0 Å². The summed E-state index contributed by atoms with van der Waals surface area (Å²) in [5.74, 6) is 1.84. The summed E-state index contributed by atoms with van der Waals surface area (Å²) in [6.07, 6.45) is 3.06. The minimum absolute atomic E-state index is 0. The third-order valence-electron chi connectivity index (χ3n) is 6.09. The predicted molar refractivity (Wildman–Crippen MR) is 129 cm³/mol. The number of hydrogen-bond acceptors (Lipinski definition) is 3. The summed E-state index contributed by atoms with van der Waals surface area (Å²) in [7, 11) is 3.58. The minimum Gasteiger partial charge on any atom is -0.497 e. The molecule has 1 N–H and O–H groups in total.